The molecule has 0 radical (unpaired) electrons. The summed E-state index contributed by atoms with van der Waals surface area (Å²) >= 11 is 5.87. The van der Waals surface area contributed by atoms with E-state index in [1.54, 1.807) is 12.1 Å². The molecule has 0 spiro atoms. The number of ketones is 1. The van der Waals surface area contributed by atoms with Gasteiger partial charge in [0.1, 0.15) is 11.6 Å². The van der Waals surface area contributed by atoms with E-state index in [0.29, 0.717) is 17.9 Å². The molecule has 0 saturated heterocycles. The van der Waals surface area contributed by atoms with Crippen molar-refractivity contribution in [3.63, 3.8) is 0 Å². The van der Waals surface area contributed by atoms with Gasteiger partial charge in [-0.3, -0.25) is 4.79 Å². The Balaban J connectivity index is 2.52. The molecule has 2 aromatic carbocycles. The number of hydrogen-bond acceptors (Lipinski definition) is 2. The lowest BCUT2D eigenvalue weighted by molar-refractivity contribution is 0.103. The summed E-state index contributed by atoms with van der Waals surface area (Å²) in [5.41, 5.74) is 1.45. The molecule has 0 heterocycles. The molecule has 0 fully saturated rings. The molecule has 2 aromatic rings. The Labute approximate surface area is 122 Å². The van der Waals surface area contributed by atoms with Crippen LogP contribution in [0.4, 0.5) is 4.39 Å². The minimum Gasteiger partial charge on any atom is -0.493 e. The van der Waals surface area contributed by atoms with Crippen LogP contribution >= 0.6 is 11.6 Å². The second kappa shape index (κ2) is 6.06. The van der Waals surface area contributed by atoms with Gasteiger partial charge in [0.25, 0.3) is 0 Å². The van der Waals surface area contributed by atoms with E-state index >= 15 is 0 Å². The normalized spacial score (nSPS) is 10.4. The van der Waals surface area contributed by atoms with E-state index in [-0.39, 0.29) is 16.4 Å². The van der Waals surface area contributed by atoms with Gasteiger partial charge in [-0.25, -0.2) is 4.39 Å². The van der Waals surface area contributed by atoms with E-state index in [0.717, 1.165) is 5.56 Å². The fourth-order valence-corrected chi connectivity index (χ4v) is 2.14. The summed E-state index contributed by atoms with van der Waals surface area (Å²) in [7, 11) is 0. The van der Waals surface area contributed by atoms with Crippen LogP contribution in [-0.2, 0) is 0 Å². The van der Waals surface area contributed by atoms with E-state index in [1.807, 2.05) is 19.9 Å². The second-order valence-corrected chi connectivity index (χ2v) is 4.74. The lowest BCUT2D eigenvalue weighted by atomic mass is 10.0. The molecule has 2 rings (SSSR count). The van der Waals surface area contributed by atoms with Gasteiger partial charge in [0, 0.05) is 5.56 Å². The van der Waals surface area contributed by atoms with Gasteiger partial charge in [-0.15, -0.1) is 0 Å². The Morgan fingerprint density at radius 1 is 1.25 bits per heavy atom. The molecule has 0 atom stereocenters. The van der Waals surface area contributed by atoms with Crippen LogP contribution in [0.15, 0.2) is 36.4 Å². The third kappa shape index (κ3) is 2.83. The lowest BCUT2D eigenvalue weighted by Crippen LogP contribution is -2.07. The molecule has 4 heteroatoms. The number of ether oxygens (including phenoxy) is 1. The summed E-state index contributed by atoms with van der Waals surface area (Å²) in [6, 6.07) is 9.50. The van der Waals surface area contributed by atoms with E-state index in [9.17, 15) is 9.18 Å². The van der Waals surface area contributed by atoms with Crippen molar-refractivity contribution < 1.29 is 13.9 Å². The van der Waals surface area contributed by atoms with Crippen LogP contribution in [0.25, 0.3) is 0 Å². The molecular formula is C16H14ClFO2. The van der Waals surface area contributed by atoms with Crippen LogP contribution in [0.3, 0.4) is 0 Å². The Morgan fingerprint density at radius 3 is 2.70 bits per heavy atom. The predicted octanol–water partition coefficient (Wildman–Crippen LogP) is 4.42. The molecular weight excluding hydrogens is 279 g/mol. The molecule has 0 unspecified atom stereocenters. The van der Waals surface area contributed by atoms with Crippen molar-refractivity contribution in [1.82, 2.24) is 0 Å². The van der Waals surface area contributed by atoms with Gasteiger partial charge in [0.15, 0.2) is 5.78 Å². The molecule has 0 aliphatic rings. The molecule has 20 heavy (non-hydrogen) atoms. The summed E-state index contributed by atoms with van der Waals surface area (Å²) in [5.74, 6) is -0.479. The summed E-state index contributed by atoms with van der Waals surface area (Å²) in [4.78, 5) is 12.5. The van der Waals surface area contributed by atoms with Crippen molar-refractivity contribution in [2.45, 2.75) is 13.8 Å². The van der Waals surface area contributed by atoms with Crippen LogP contribution in [-0.4, -0.2) is 12.4 Å². The monoisotopic (exact) mass is 292 g/mol. The van der Waals surface area contributed by atoms with E-state index in [2.05, 4.69) is 0 Å². The highest BCUT2D eigenvalue weighted by atomic mass is 35.5. The zero-order chi connectivity index (χ0) is 14.7. The molecule has 104 valence electrons. The Kier molecular flexibility index (Phi) is 4.40. The maximum Gasteiger partial charge on any atom is 0.198 e. The minimum atomic E-state index is -0.608. The van der Waals surface area contributed by atoms with Gasteiger partial charge in [-0.1, -0.05) is 29.3 Å². The number of carbonyl (C=O) groups excluding carboxylic acids is 1. The maximum atomic E-state index is 13.5. The number of benzene rings is 2. The Bertz CT molecular complexity index is 653. The van der Waals surface area contributed by atoms with Crippen molar-refractivity contribution in [3.8, 4) is 5.75 Å². The first-order chi connectivity index (χ1) is 9.54. The van der Waals surface area contributed by atoms with Gasteiger partial charge in [-0.05, 0) is 38.1 Å². The third-order valence-electron chi connectivity index (χ3n) is 2.88. The maximum absolute atomic E-state index is 13.5. The second-order valence-electron chi connectivity index (χ2n) is 4.36. The standard InChI is InChI=1S/C16H14ClFO2/c1-3-20-14-8-7-10(2)9-12(14)16(19)11-5-4-6-13(18)15(11)17/h4-9H,3H2,1-2H3. The summed E-state index contributed by atoms with van der Waals surface area (Å²) in [6.07, 6.45) is 0. The number of rotatable bonds is 4. The molecule has 2 nitrogen and oxygen atoms in total. The van der Waals surface area contributed by atoms with Crippen molar-refractivity contribution >= 4 is 17.4 Å². The molecule has 0 N–H and O–H groups in total. The average molecular weight is 293 g/mol. The smallest absolute Gasteiger partial charge is 0.198 e. The molecule has 0 bridgehead atoms. The van der Waals surface area contributed by atoms with Crippen LogP contribution in [0.5, 0.6) is 5.75 Å². The van der Waals surface area contributed by atoms with Crippen molar-refractivity contribution in [2.24, 2.45) is 0 Å². The Morgan fingerprint density at radius 2 is 2.00 bits per heavy atom. The molecule has 0 aliphatic carbocycles. The van der Waals surface area contributed by atoms with Gasteiger partial charge in [-0.2, -0.15) is 0 Å². The van der Waals surface area contributed by atoms with Crippen LogP contribution < -0.4 is 4.74 Å². The highest BCUT2D eigenvalue weighted by Crippen LogP contribution is 2.27. The molecule has 0 aliphatic heterocycles. The number of halogens is 2. The highest BCUT2D eigenvalue weighted by molar-refractivity contribution is 6.35. The van der Waals surface area contributed by atoms with Crippen molar-refractivity contribution in [2.75, 3.05) is 6.61 Å². The van der Waals surface area contributed by atoms with Crippen molar-refractivity contribution in [1.29, 1.82) is 0 Å². The lowest BCUT2D eigenvalue weighted by Gasteiger charge is -2.11. The number of hydrogen-bond donors (Lipinski definition) is 0. The summed E-state index contributed by atoms with van der Waals surface area (Å²) < 4.78 is 18.9. The zero-order valence-electron chi connectivity index (χ0n) is 11.2. The summed E-state index contributed by atoms with van der Waals surface area (Å²) in [6.45, 7) is 4.16. The molecule has 0 saturated carbocycles. The van der Waals surface area contributed by atoms with Gasteiger partial charge >= 0.3 is 0 Å². The molecule has 0 aromatic heterocycles. The van der Waals surface area contributed by atoms with E-state index in [4.69, 9.17) is 16.3 Å². The van der Waals surface area contributed by atoms with Gasteiger partial charge in [0.2, 0.25) is 0 Å². The Hall–Kier alpha value is -1.87. The topological polar surface area (TPSA) is 26.3 Å². The van der Waals surface area contributed by atoms with Crippen molar-refractivity contribution in [3.05, 3.63) is 63.9 Å². The number of aryl methyl sites for hydroxylation is 1. The third-order valence-corrected chi connectivity index (χ3v) is 3.26. The predicted molar refractivity (Wildman–Crippen MR) is 77.2 cm³/mol. The molecule has 0 amide bonds. The quantitative estimate of drug-likeness (QED) is 0.780. The van der Waals surface area contributed by atoms with E-state index in [1.165, 1.54) is 18.2 Å². The van der Waals surface area contributed by atoms with Crippen LogP contribution in [0.2, 0.25) is 5.02 Å². The number of carbonyl (C=O) groups is 1. The highest BCUT2D eigenvalue weighted by Gasteiger charge is 2.19. The zero-order valence-corrected chi connectivity index (χ0v) is 12.0. The average Bonchev–Trinajstić information content (AvgIpc) is 2.43. The first kappa shape index (κ1) is 14.5. The van der Waals surface area contributed by atoms with Crippen LogP contribution in [0.1, 0.15) is 28.4 Å². The van der Waals surface area contributed by atoms with Gasteiger partial charge < -0.3 is 4.74 Å². The van der Waals surface area contributed by atoms with E-state index < -0.39 is 5.82 Å². The SMILES string of the molecule is CCOc1ccc(C)cc1C(=O)c1cccc(F)c1Cl. The van der Waals surface area contributed by atoms with Crippen LogP contribution in [0, 0.1) is 12.7 Å². The summed E-state index contributed by atoms with van der Waals surface area (Å²) in [5, 5.41) is -0.165. The fourth-order valence-electron chi connectivity index (χ4n) is 1.93. The minimum absolute atomic E-state index is 0.137. The first-order valence-corrected chi connectivity index (χ1v) is 6.64. The van der Waals surface area contributed by atoms with Gasteiger partial charge in [0.05, 0.1) is 17.2 Å². The fraction of sp³-hybridized carbons (Fsp3) is 0.188. The first-order valence-electron chi connectivity index (χ1n) is 6.26. The largest absolute Gasteiger partial charge is 0.493 e.